The van der Waals surface area contributed by atoms with Crippen molar-refractivity contribution in [1.82, 2.24) is 9.97 Å². The predicted molar refractivity (Wildman–Crippen MR) is 100 cm³/mol. The van der Waals surface area contributed by atoms with Crippen LogP contribution in [-0.4, -0.2) is 46.9 Å². The van der Waals surface area contributed by atoms with Gasteiger partial charge in [0.15, 0.2) is 20.2 Å². The average Bonchev–Trinajstić information content (AvgIpc) is 3.04. The van der Waals surface area contributed by atoms with Crippen LogP contribution in [0.2, 0.25) is 0 Å². The first-order valence-corrected chi connectivity index (χ1v) is 11.6. The molecule has 195 valence electrons. The van der Waals surface area contributed by atoms with Gasteiger partial charge in [-0.3, -0.25) is 0 Å². The Bertz CT molecular complexity index is 1040. The van der Waals surface area contributed by atoms with Crippen molar-refractivity contribution >= 4 is 31.3 Å². The van der Waals surface area contributed by atoms with E-state index in [1.807, 2.05) is 0 Å². The van der Waals surface area contributed by atoms with Crippen molar-refractivity contribution in [2.24, 2.45) is 0 Å². The molecule has 0 saturated carbocycles. The Kier molecular flexibility index (Phi) is 13.2. The summed E-state index contributed by atoms with van der Waals surface area (Å²) in [4.78, 5) is 8.23. The van der Waals surface area contributed by atoms with Crippen LogP contribution in [-0.2, 0) is 43.7 Å². The first-order chi connectivity index (χ1) is 14.3. The van der Waals surface area contributed by atoms with Gasteiger partial charge in [-0.25, -0.2) is 21.8 Å². The van der Waals surface area contributed by atoms with Crippen LogP contribution in [0.1, 0.15) is 50.9 Å². The van der Waals surface area contributed by atoms with E-state index in [9.17, 15) is 26.3 Å². The standard InChI is InChI=1S/C14H20N2.2CHF3O3S.Cu/c1-4-10(5-2)14-15-12-9-7-8-11(6-3)13(12)16-14;2*2-1(3,4)8(5,6)7;/h7-10H,4-6H2,1-3H3,(H,15,16);2*(H,5,6,7);/q;;;+2/p-2. The summed E-state index contributed by atoms with van der Waals surface area (Å²) in [6.07, 6.45) is 3.35. The number of rotatable bonds is 4. The maximum atomic E-state index is 10.7. The number of nitrogens with one attached hydrogen (secondary N) is 1. The van der Waals surface area contributed by atoms with E-state index in [2.05, 4.69) is 44.0 Å². The number of aromatic amines is 1. The van der Waals surface area contributed by atoms with Crippen molar-refractivity contribution in [2.75, 3.05) is 0 Å². The monoisotopic (exact) mass is 577 g/mol. The Morgan fingerprint density at radius 3 is 1.61 bits per heavy atom. The zero-order valence-corrected chi connectivity index (χ0v) is 19.8. The molecule has 17 heteroatoms. The Labute approximate surface area is 197 Å². The van der Waals surface area contributed by atoms with E-state index in [0.29, 0.717) is 5.92 Å². The van der Waals surface area contributed by atoms with Gasteiger partial charge in [0.2, 0.25) is 0 Å². The number of alkyl halides is 6. The number of aryl methyl sites for hydroxylation is 1. The molecular weight excluding hydrogens is 558 g/mol. The molecule has 8 nitrogen and oxygen atoms in total. The summed E-state index contributed by atoms with van der Waals surface area (Å²) in [5.74, 6) is 1.72. The second-order valence-corrected chi connectivity index (χ2v) is 8.84. The van der Waals surface area contributed by atoms with Gasteiger partial charge in [0, 0.05) is 5.92 Å². The molecule has 0 saturated heterocycles. The van der Waals surface area contributed by atoms with Crippen LogP contribution in [0.5, 0.6) is 0 Å². The van der Waals surface area contributed by atoms with Crippen molar-refractivity contribution < 1.29 is 69.4 Å². The summed E-state index contributed by atoms with van der Waals surface area (Å²) in [5.41, 5.74) is -7.61. The van der Waals surface area contributed by atoms with Crippen LogP contribution in [0, 0.1) is 0 Å². The van der Waals surface area contributed by atoms with Crippen molar-refractivity contribution in [3.8, 4) is 0 Å². The van der Waals surface area contributed by atoms with Crippen molar-refractivity contribution in [3.63, 3.8) is 0 Å². The van der Waals surface area contributed by atoms with Gasteiger partial charge in [0.25, 0.3) is 0 Å². The number of halogens is 6. The fourth-order valence-electron chi connectivity index (χ4n) is 2.26. The molecule has 0 amide bonds. The number of aromatic nitrogens is 2. The fraction of sp³-hybridized carbons (Fsp3) is 0.562. The smallest absolute Gasteiger partial charge is 0.741 e. The van der Waals surface area contributed by atoms with E-state index < -0.39 is 31.3 Å². The molecule has 0 unspecified atom stereocenters. The Morgan fingerprint density at radius 2 is 1.30 bits per heavy atom. The van der Waals surface area contributed by atoms with Crippen LogP contribution in [0.3, 0.4) is 0 Å². The molecule has 1 radical (unpaired) electrons. The second kappa shape index (κ2) is 12.9. The van der Waals surface area contributed by atoms with Gasteiger partial charge in [-0.2, -0.15) is 26.3 Å². The number of fused-ring (bicyclic) bond motifs is 1. The number of H-pyrrole nitrogens is 1. The van der Waals surface area contributed by atoms with Gasteiger partial charge in [-0.15, -0.1) is 0 Å². The first kappa shape index (κ1) is 33.8. The molecule has 1 aromatic carbocycles. The minimum absolute atomic E-state index is 0. The third-order valence-electron chi connectivity index (χ3n) is 3.93. The molecule has 1 aromatic heterocycles. The Hall–Kier alpha value is -1.39. The summed E-state index contributed by atoms with van der Waals surface area (Å²) >= 11 is 0. The first-order valence-electron chi connectivity index (χ1n) is 8.81. The molecule has 0 spiro atoms. The van der Waals surface area contributed by atoms with E-state index in [1.165, 1.54) is 11.1 Å². The SMILES string of the molecule is CCc1cccc2[nH]c(C(CC)CC)nc12.O=S(=O)([O-])C(F)(F)F.O=S(=O)([O-])C(F)(F)F.[Cu+2]. The summed E-state index contributed by atoms with van der Waals surface area (Å²) in [5, 5.41) is 0. The van der Waals surface area contributed by atoms with Gasteiger partial charge in [0.1, 0.15) is 5.82 Å². The van der Waals surface area contributed by atoms with E-state index in [-0.39, 0.29) is 17.1 Å². The molecule has 0 bridgehead atoms. The van der Waals surface area contributed by atoms with E-state index in [4.69, 9.17) is 30.9 Å². The average molecular weight is 578 g/mol. The molecule has 33 heavy (non-hydrogen) atoms. The van der Waals surface area contributed by atoms with Crippen molar-refractivity contribution in [1.29, 1.82) is 0 Å². The Morgan fingerprint density at radius 1 is 0.909 bits per heavy atom. The maximum absolute atomic E-state index is 10.7. The predicted octanol–water partition coefficient (Wildman–Crippen LogP) is 4.13. The number of imidazole rings is 1. The van der Waals surface area contributed by atoms with Crippen LogP contribution in [0.25, 0.3) is 11.0 Å². The zero-order chi connectivity index (χ0) is 25.5. The quantitative estimate of drug-likeness (QED) is 0.249. The molecular formula is C16H20CuF6N2O6S2. The fourth-order valence-corrected chi connectivity index (χ4v) is 2.26. The summed E-state index contributed by atoms with van der Waals surface area (Å²) in [6, 6.07) is 6.39. The van der Waals surface area contributed by atoms with E-state index >= 15 is 0 Å². The van der Waals surface area contributed by atoms with Crippen LogP contribution < -0.4 is 0 Å². The second-order valence-electron chi connectivity index (χ2n) is 6.10. The minimum Gasteiger partial charge on any atom is -0.741 e. The van der Waals surface area contributed by atoms with Crippen molar-refractivity contribution in [2.45, 2.75) is 57.0 Å². The van der Waals surface area contributed by atoms with Crippen LogP contribution in [0.15, 0.2) is 18.2 Å². The van der Waals surface area contributed by atoms with Gasteiger partial charge in [-0.1, -0.05) is 32.9 Å². The number of hydrogen-bond donors (Lipinski definition) is 1. The number of para-hydroxylation sites is 1. The van der Waals surface area contributed by atoms with Gasteiger partial charge in [-0.05, 0) is 30.9 Å². The van der Waals surface area contributed by atoms with Crippen LogP contribution >= 0.6 is 0 Å². The molecule has 1 N–H and O–H groups in total. The normalized spacial score (nSPS) is 12.4. The molecule has 0 aliphatic rings. The molecule has 0 aliphatic heterocycles. The van der Waals surface area contributed by atoms with E-state index in [0.717, 1.165) is 30.6 Å². The van der Waals surface area contributed by atoms with Crippen LogP contribution in [0.4, 0.5) is 26.3 Å². The third-order valence-corrected chi connectivity index (χ3v) is 5.07. The minimum atomic E-state index is -6.09. The summed E-state index contributed by atoms with van der Waals surface area (Å²) in [6.45, 7) is 6.63. The van der Waals surface area contributed by atoms with Gasteiger partial charge >= 0.3 is 28.1 Å². The number of hydrogen-bond acceptors (Lipinski definition) is 7. The summed E-state index contributed by atoms with van der Waals surface area (Å²) in [7, 11) is -12.2. The molecule has 2 aromatic rings. The molecule has 0 aliphatic carbocycles. The molecule has 0 fully saturated rings. The topological polar surface area (TPSA) is 143 Å². The third kappa shape index (κ3) is 10.6. The van der Waals surface area contributed by atoms with E-state index in [1.54, 1.807) is 0 Å². The maximum Gasteiger partial charge on any atom is 2.00 e. The largest absolute Gasteiger partial charge is 2.00 e. The summed E-state index contributed by atoms with van der Waals surface area (Å²) < 4.78 is 118. The van der Waals surface area contributed by atoms with Gasteiger partial charge in [0.05, 0.1) is 11.0 Å². The Balaban J connectivity index is 0. The molecule has 2 rings (SSSR count). The number of benzene rings is 1. The number of nitrogens with zero attached hydrogens (tertiary/aromatic N) is 1. The molecule has 0 atom stereocenters. The van der Waals surface area contributed by atoms with Crippen molar-refractivity contribution in [3.05, 3.63) is 29.6 Å². The molecule has 1 heterocycles. The zero-order valence-electron chi connectivity index (χ0n) is 17.2. The van der Waals surface area contributed by atoms with Gasteiger partial charge < -0.3 is 14.1 Å².